The first-order chi connectivity index (χ1) is 13.0. The van der Waals surface area contributed by atoms with Crippen LogP contribution in [0, 0.1) is 6.92 Å². The second kappa shape index (κ2) is 7.15. The molecular formula is C19H17ClF2N4O. The summed E-state index contributed by atoms with van der Waals surface area (Å²) in [6.07, 6.45) is 2.02. The van der Waals surface area contributed by atoms with E-state index in [2.05, 4.69) is 15.4 Å². The first-order valence-corrected chi connectivity index (χ1v) is 8.86. The molecule has 0 bridgehead atoms. The van der Waals surface area contributed by atoms with Crippen LogP contribution in [0.5, 0.6) is 5.75 Å². The molecule has 0 fully saturated rings. The minimum atomic E-state index is -2.92. The SMILES string of the molecule is Cc1ccc(C2CC(c3cc(Cl)ccc3OC(F)F)n3ncnc3N2)cc1. The molecule has 2 unspecified atom stereocenters. The maximum atomic E-state index is 12.9. The summed E-state index contributed by atoms with van der Waals surface area (Å²) >= 11 is 6.14. The van der Waals surface area contributed by atoms with E-state index in [1.807, 2.05) is 31.2 Å². The molecule has 1 aromatic heterocycles. The van der Waals surface area contributed by atoms with E-state index in [9.17, 15) is 8.78 Å². The van der Waals surface area contributed by atoms with Crippen LogP contribution < -0.4 is 10.1 Å². The first kappa shape index (κ1) is 17.7. The third-order valence-electron chi connectivity index (χ3n) is 4.66. The molecule has 1 aliphatic rings. The number of rotatable bonds is 4. The molecule has 0 spiro atoms. The number of anilines is 1. The molecule has 0 radical (unpaired) electrons. The zero-order valence-electron chi connectivity index (χ0n) is 14.4. The van der Waals surface area contributed by atoms with Crippen molar-refractivity contribution >= 4 is 17.5 Å². The quantitative estimate of drug-likeness (QED) is 0.682. The number of alkyl halides is 2. The molecule has 8 heteroatoms. The molecule has 2 heterocycles. The summed E-state index contributed by atoms with van der Waals surface area (Å²) in [4.78, 5) is 4.26. The minimum absolute atomic E-state index is 0.0503. The van der Waals surface area contributed by atoms with Gasteiger partial charge in [0, 0.05) is 10.6 Å². The highest BCUT2D eigenvalue weighted by Crippen LogP contribution is 2.41. The fraction of sp³-hybridized carbons (Fsp3) is 0.263. The Morgan fingerprint density at radius 1 is 1.22 bits per heavy atom. The topological polar surface area (TPSA) is 52.0 Å². The highest BCUT2D eigenvalue weighted by Gasteiger charge is 2.32. The Bertz CT molecular complexity index is 945. The van der Waals surface area contributed by atoms with Gasteiger partial charge in [-0.15, -0.1) is 0 Å². The van der Waals surface area contributed by atoms with Crippen LogP contribution in [0.3, 0.4) is 0 Å². The average molecular weight is 391 g/mol. The predicted octanol–water partition coefficient (Wildman–Crippen LogP) is 4.99. The zero-order valence-corrected chi connectivity index (χ0v) is 15.2. The van der Waals surface area contributed by atoms with Gasteiger partial charge in [-0.25, -0.2) is 4.68 Å². The molecule has 140 valence electrons. The minimum Gasteiger partial charge on any atom is -0.434 e. The molecule has 1 aliphatic heterocycles. The smallest absolute Gasteiger partial charge is 0.387 e. The summed E-state index contributed by atoms with van der Waals surface area (Å²) in [7, 11) is 0. The largest absolute Gasteiger partial charge is 0.434 e. The monoisotopic (exact) mass is 390 g/mol. The second-order valence-electron chi connectivity index (χ2n) is 6.45. The lowest BCUT2D eigenvalue weighted by atomic mass is 9.92. The second-order valence-corrected chi connectivity index (χ2v) is 6.88. The lowest BCUT2D eigenvalue weighted by molar-refractivity contribution is -0.0507. The van der Waals surface area contributed by atoms with Gasteiger partial charge in [0.05, 0.1) is 12.1 Å². The summed E-state index contributed by atoms with van der Waals surface area (Å²) < 4.78 is 32.2. The summed E-state index contributed by atoms with van der Waals surface area (Å²) in [5.74, 6) is 0.658. The number of aromatic nitrogens is 3. The number of halogens is 3. The summed E-state index contributed by atoms with van der Waals surface area (Å²) in [5, 5.41) is 8.06. The number of benzene rings is 2. The van der Waals surface area contributed by atoms with E-state index in [1.54, 1.807) is 10.7 Å². The van der Waals surface area contributed by atoms with Crippen LogP contribution in [-0.2, 0) is 0 Å². The molecule has 0 saturated heterocycles. The highest BCUT2D eigenvalue weighted by molar-refractivity contribution is 6.30. The van der Waals surface area contributed by atoms with Crippen LogP contribution in [-0.4, -0.2) is 21.4 Å². The van der Waals surface area contributed by atoms with E-state index in [0.29, 0.717) is 23.0 Å². The van der Waals surface area contributed by atoms with E-state index < -0.39 is 6.61 Å². The van der Waals surface area contributed by atoms with Crippen molar-refractivity contribution in [3.8, 4) is 5.75 Å². The van der Waals surface area contributed by atoms with Crippen molar-refractivity contribution in [2.75, 3.05) is 5.32 Å². The van der Waals surface area contributed by atoms with Gasteiger partial charge in [0.15, 0.2) is 0 Å². The van der Waals surface area contributed by atoms with E-state index in [1.165, 1.54) is 18.5 Å². The van der Waals surface area contributed by atoms with E-state index >= 15 is 0 Å². The Kier molecular flexibility index (Phi) is 4.70. The fourth-order valence-corrected chi connectivity index (χ4v) is 3.56. The van der Waals surface area contributed by atoms with E-state index in [4.69, 9.17) is 16.3 Å². The molecule has 3 aromatic rings. The normalized spacial score (nSPS) is 18.9. The van der Waals surface area contributed by atoms with Gasteiger partial charge >= 0.3 is 6.61 Å². The van der Waals surface area contributed by atoms with Crippen molar-refractivity contribution < 1.29 is 13.5 Å². The van der Waals surface area contributed by atoms with E-state index in [-0.39, 0.29) is 17.8 Å². The molecule has 4 rings (SSSR count). The van der Waals surface area contributed by atoms with Gasteiger partial charge < -0.3 is 10.1 Å². The van der Waals surface area contributed by atoms with Crippen molar-refractivity contribution in [1.82, 2.24) is 14.8 Å². The third-order valence-corrected chi connectivity index (χ3v) is 4.89. The van der Waals surface area contributed by atoms with Crippen molar-refractivity contribution in [2.24, 2.45) is 0 Å². The van der Waals surface area contributed by atoms with Crippen molar-refractivity contribution in [1.29, 1.82) is 0 Å². The van der Waals surface area contributed by atoms with Crippen molar-refractivity contribution in [3.63, 3.8) is 0 Å². The Morgan fingerprint density at radius 2 is 2.00 bits per heavy atom. The van der Waals surface area contributed by atoms with Crippen LogP contribution in [0.4, 0.5) is 14.7 Å². The van der Waals surface area contributed by atoms with Crippen LogP contribution in [0.25, 0.3) is 0 Å². The number of hydrogen-bond acceptors (Lipinski definition) is 4. The number of aryl methyl sites for hydroxylation is 1. The Labute approximate surface area is 159 Å². The van der Waals surface area contributed by atoms with Crippen molar-refractivity contribution in [3.05, 3.63) is 70.5 Å². The third kappa shape index (κ3) is 3.60. The molecule has 27 heavy (non-hydrogen) atoms. The summed E-state index contributed by atoms with van der Waals surface area (Å²) in [5.41, 5.74) is 2.79. The van der Waals surface area contributed by atoms with Gasteiger partial charge in [-0.2, -0.15) is 18.9 Å². The van der Waals surface area contributed by atoms with Gasteiger partial charge in [-0.1, -0.05) is 41.4 Å². The Hall–Kier alpha value is -2.67. The molecule has 0 aliphatic carbocycles. The molecule has 2 aromatic carbocycles. The first-order valence-electron chi connectivity index (χ1n) is 8.48. The number of nitrogens with zero attached hydrogens (tertiary/aromatic N) is 3. The summed E-state index contributed by atoms with van der Waals surface area (Å²) in [6.45, 7) is -0.896. The average Bonchev–Trinajstić information content (AvgIpc) is 3.11. The zero-order chi connectivity index (χ0) is 19.0. The van der Waals surface area contributed by atoms with Gasteiger partial charge in [-0.3, -0.25) is 0 Å². The van der Waals surface area contributed by atoms with E-state index in [0.717, 1.165) is 11.1 Å². The lowest BCUT2D eigenvalue weighted by Gasteiger charge is -2.32. The van der Waals surface area contributed by atoms with Crippen LogP contribution in [0.1, 0.15) is 35.2 Å². The molecule has 2 atom stereocenters. The molecule has 5 nitrogen and oxygen atoms in total. The Morgan fingerprint density at radius 3 is 2.74 bits per heavy atom. The maximum absolute atomic E-state index is 12.9. The standard InChI is InChI=1S/C19H17ClF2N4O/c1-11-2-4-12(5-3-11)15-9-16(26-19(25-15)23-10-24-26)14-8-13(20)6-7-17(14)27-18(21)22/h2-8,10,15-16,18H,9H2,1H3,(H,23,24,25). The molecule has 0 amide bonds. The number of fused-ring (bicyclic) bond motifs is 1. The predicted molar refractivity (Wildman–Crippen MR) is 98.4 cm³/mol. The van der Waals surface area contributed by atoms with Gasteiger partial charge in [-0.05, 0) is 37.1 Å². The maximum Gasteiger partial charge on any atom is 0.387 e. The fourth-order valence-electron chi connectivity index (χ4n) is 3.38. The van der Waals surface area contributed by atoms with Gasteiger partial charge in [0.2, 0.25) is 5.95 Å². The van der Waals surface area contributed by atoms with Crippen molar-refractivity contribution in [2.45, 2.75) is 32.0 Å². The highest BCUT2D eigenvalue weighted by atomic mass is 35.5. The summed E-state index contributed by atoms with van der Waals surface area (Å²) in [6, 6.07) is 12.4. The van der Waals surface area contributed by atoms with Crippen LogP contribution in [0.15, 0.2) is 48.8 Å². The number of hydrogen-bond donors (Lipinski definition) is 1. The van der Waals surface area contributed by atoms with Gasteiger partial charge in [0.1, 0.15) is 12.1 Å². The number of ether oxygens (including phenoxy) is 1. The Balaban J connectivity index is 1.76. The number of nitrogens with one attached hydrogen (secondary N) is 1. The molecular weight excluding hydrogens is 374 g/mol. The van der Waals surface area contributed by atoms with Crippen LogP contribution >= 0.6 is 11.6 Å². The molecule has 0 saturated carbocycles. The van der Waals surface area contributed by atoms with Gasteiger partial charge in [0.25, 0.3) is 0 Å². The lowest BCUT2D eigenvalue weighted by Crippen LogP contribution is -2.28. The van der Waals surface area contributed by atoms with Crippen LogP contribution in [0.2, 0.25) is 5.02 Å². The molecule has 1 N–H and O–H groups in total.